The van der Waals surface area contributed by atoms with E-state index in [9.17, 15) is 19.2 Å². The number of alkyl halides is 5. The molecule has 0 heterocycles. The van der Waals surface area contributed by atoms with Gasteiger partial charge in [0.15, 0.2) is 0 Å². The predicted octanol–water partition coefficient (Wildman–Crippen LogP) is 14.3. The van der Waals surface area contributed by atoms with Crippen LogP contribution in [0.3, 0.4) is 0 Å². The summed E-state index contributed by atoms with van der Waals surface area (Å²) in [5.74, 6) is -1.37. The van der Waals surface area contributed by atoms with Crippen LogP contribution in [-0.4, -0.2) is 98.8 Å². The number of unbranched alkanes of at least 4 members (excludes halogenated alkanes) is 2. The molecule has 0 saturated carbocycles. The van der Waals surface area contributed by atoms with Crippen molar-refractivity contribution in [1.29, 1.82) is 0 Å². The second kappa shape index (κ2) is 59.1. The quantitative estimate of drug-likeness (QED) is 0.0638. The minimum absolute atomic E-state index is 0. The van der Waals surface area contributed by atoms with Gasteiger partial charge >= 0.3 is 94.5 Å². The number of carbonyl (C=O) groups is 4. The minimum atomic E-state index is -0.829. The van der Waals surface area contributed by atoms with Crippen molar-refractivity contribution in [2.45, 2.75) is 64.7 Å². The van der Waals surface area contributed by atoms with E-state index in [-0.39, 0.29) is 42.8 Å². The Bertz CT molecular complexity index is 1240. The van der Waals surface area contributed by atoms with E-state index in [4.69, 9.17) is 92.9 Å². The van der Waals surface area contributed by atoms with E-state index < -0.39 is 56.8 Å². The van der Waals surface area contributed by atoms with Crippen LogP contribution in [0.5, 0.6) is 0 Å². The van der Waals surface area contributed by atoms with E-state index in [1.165, 1.54) is 11.3 Å². The number of hydrogen-bond donors (Lipinski definition) is 4. The molecule has 0 aliphatic heterocycles. The Labute approximate surface area is 421 Å². The molecular formula is C35H59Br2Cl7N6O8Pt2. The molecule has 0 unspecified atom stereocenters. The number of aryl methyl sites for hydroxylation is 1. The SMILES string of the molecule is CCCN(CCCl)c1ccc(CCCC(=O)O)cc1.O=C(O)CBr.O=C(O)CCCCCBr.O=C(O)Cc1ccc(N(CCCl)CCCl)cc1.[Cl][Pt+2][Cl].[Cl][Pt+2][Cl].[NH2-].[NH2-].[NH2-].[NH2-]. The van der Waals surface area contributed by atoms with Crippen molar-refractivity contribution in [3.63, 3.8) is 0 Å². The maximum Gasteiger partial charge on any atom is -0.693 e. The van der Waals surface area contributed by atoms with Crippen molar-refractivity contribution in [2.75, 3.05) is 64.3 Å². The van der Waals surface area contributed by atoms with Crippen molar-refractivity contribution in [2.24, 2.45) is 0 Å². The first-order chi connectivity index (χ1) is 26.7. The first-order valence-corrected chi connectivity index (χ1v) is 31.8. The van der Waals surface area contributed by atoms with Gasteiger partial charge in [0.05, 0.1) is 6.42 Å². The van der Waals surface area contributed by atoms with E-state index in [0.717, 1.165) is 74.9 Å². The van der Waals surface area contributed by atoms with Crippen LogP contribution in [0.15, 0.2) is 48.5 Å². The monoisotopic (exact) mass is 1480 g/mol. The van der Waals surface area contributed by atoms with Crippen molar-refractivity contribution >= 4 is 140 Å². The van der Waals surface area contributed by atoms with E-state index in [1.54, 1.807) is 0 Å². The fraction of sp³-hybridized carbons (Fsp3) is 0.543. The zero-order valence-electron chi connectivity index (χ0n) is 33.0. The van der Waals surface area contributed by atoms with Gasteiger partial charge in [-0.2, -0.15) is 0 Å². The van der Waals surface area contributed by atoms with E-state index in [1.807, 2.05) is 24.3 Å². The summed E-state index contributed by atoms with van der Waals surface area (Å²) in [6.07, 6.45) is 6.09. The molecule has 0 aromatic heterocycles. The van der Waals surface area contributed by atoms with Gasteiger partial charge < -0.3 is 54.8 Å². The van der Waals surface area contributed by atoms with Gasteiger partial charge in [0.1, 0.15) is 5.33 Å². The molecule has 0 aliphatic carbocycles. The largest absolute Gasteiger partial charge is 0.693 e. The molecule has 12 N–H and O–H groups in total. The number of rotatable bonds is 22. The molecule has 0 radical (unpaired) electrons. The molecule has 0 amide bonds. The molecule has 0 spiro atoms. The topological polar surface area (TPSA) is 290 Å². The molecule has 0 bridgehead atoms. The Morgan fingerprint density at radius 1 is 0.550 bits per heavy atom. The van der Waals surface area contributed by atoms with Crippen LogP contribution in [0.2, 0.25) is 0 Å². The van der Waals surface area contributed by atoms with Crippen molar-refractivity contribution in [3.8, 4) is 0 Å². The third-order valence-electron chi connectivity index (χ3n) is 6.51. The van der Waals surface area contributed by atoms with E-state index in [0.29, 0.717) is 30.5 Å². The number of halogens is 9. The van der Waals surface area contributed by atoms with Crippen LogP contribution >= 0.6 is 104 Å². The molecule has 2 rings (SSSR count). The Balaban J connectivity index is -0.000000100. The summed E-state index contributed by atoms with van der Waals surface area (Å²) in [4.78, 5) is 44.6. The normalized spacial score (nSPS) is 8.97. The molecule has 0 saturated heterocycles. The molecule has 0 atom stereocenters. The van der Waals surface area contributed by atoms with E-state index >= 15 is 0 Å². The second-order valence-electron chi connectivity index (χ2n) is 10.7. The van der Waals surface area contributed by atoms with Crippen LogP contribution in [0.4, 0.5) is 11.4 Å². The molecule has 14 nitrogen and oxygen atoms in total. The van der Waals surface area contributed by atoms with Gasteiger partial charge in [-0.25, -0.2) is 0 Å². The molecule has 360 valence electrons. The summed E-state index contributed by atoms with van der Waals surface area (Å²) < 4.78 is 0. The summed E-state index contributed by atoms with van der Waals surface area (Å²) in [7, 11) is 19.5. The number of anilines is 2. The summed E-state index contributed by atoms with van der Waals surface area (Å²) in [5.41, 5.74) is 4.18. The van der Waals surface area contributed by atoms with Crippen molar-refractivity contribution in [3.05, 3.63) is 84.3 Å². The molecule has 25 heteroatoms. The third-order valence-corrected chi connectivity index (χ3v) is 8.06. The Hall–Kier alpha value is 0.127. The molecule has 2 aromatic carbocycles. The summed E-state index contributed by atoms with van der Waals surface area (Å²) in [6, 6.07) is 15.8. The Morgan fingerprint density at radius 2 is 0.900 bits per heavy atom. The maximum absolute atomic E-state index is 10.5. The minimum Gasteiger partial charge on any atom is -0.693 e. The van der Waals surface area contributed by atoms with E-state index in [2.05, 4.69) is 72.8 Å². The zero-order valence-corrected chi connectivity index (χ0v) is 46.0. The number of carboxylic acid groups (broad SMARTS) is 4. The Kier molecular flexibility index (Phi) is 76.2. The number of carboxylic acids is 4. The van der Waals surface area contributed by atoms with Crippen molar-refractivity contribution < 1.29 is 72.6 Å². The summed E-state index contributed by atoms with van der Waals surface area (Å²) in [6.45, 7) is 5.47. The number of nitrogens with two attached hydrogens (primary N) is 4. The number of aliphatic carboxylic acids is 4. The molecular weight excluding hydrogens is 1430 g/mol. The third kappa shape index (κ3) is 56.1. The van der Waals surface area contributed by atoms with Crippen LogP contribution in [-0.2, 0) is 65.0 Å². The number of benzene rings is 2. The average molecular weight is 1490 g/mol. The molecule has 0 aliphatic rings. The van der Waals surface area contributed by atoms with Gasteiger partial charge in [-0.05, 0) is 67.5 Å². The van der Waals surface area contributed by atoms with Gasteiger partial charge in [-0.15, -0.1) is 34.8 Å². The second-order valence-corrected chi connectivity index (χ2v) is 19.8. The smallest absolute Gasteiger partial charge is 0.693 e. The van der Waals surface area contributed by atoms with Crippen LogP contribution < -0.4 is 9.80 Å². The van der Waals surface area contributed by atoms with Gasteiger partial charge in [0, 0.05) is 73.4 Å². The summed E-state index contributed by atoms with van der Waals surface area (Å²) in [5, 5.41) is 34.2. The predicted molar refractivity (Wildman–Crippen MR) is 258 cm³/mol. The molecule has 0 fully saturated rings. The first-order valence-electron chi connectivity index (χ1n) is 16.7. The number of nitrogens with zero attached hydrogens (tertiary/aromatic N) is 2. The van der Waals surface area contributed by atoms with Crippen LogP contribution in [0.1, 0.15) is 63.0 Å². The maximum atomic E-state index is 10.5. The summed E-state index contributed by atoms with van der Waals surface area (Å²) >= 11 is 22.3. The van der Waals surface area contributed by atoms with Gasteiger partial charge in [0.25, 0.3) is 0 Å². The Morgan fingerprint density at radius 3 is 1.20 bits per heavy atom. The van der Waals surface area contributed by atoms with Crippen LogP contribution in [0.25, 0.3) is 24.6 Å². The van der Waals surface area contributed by atoms with Crippen molar-refractivity contribution in [1.82, 2.24) is 0 Å². The molecule has 60 heavy (non-hydrogen) atoms. The first kappa shape index (κ1) is 77.4. The van der Waals surface area contributed by atoms with Gasteiger partial charge in [-0.3, -0.25) is 19.2 Å². The fourth-order valence-electron chi connectivity index (χ4n) is 4.18. The standard InChI is InChI=1S/C15H22ClNO2.C12H15Cl2NO2.C6H11BrO2.C2H3BrO2.4ClH.4H2N.2Pt/c1-2-11-17(12-10-16)14-8-6-13(7-9-14)4-3-5-15(18)19;13-5-7-15(8-6-14)11-3-1-10(2-4-11)9-12(16)17;7-5-3-1-2-4-6(8)9;3-1-2(4)5;;;;;;;;;;/h6-9H,2-5,10-12H2,1H3,(H,18,19);1-4H,5-9H2,(H,16,17);1-5H2,(H,8,9);1H2,(H,4,5);4*1H;4*1H2;;/q;;;;;;;;4*-1;2*+4/p-4. The zero-order chi connectivity index (χ0) is 43.6. The van der Waals surface area contributed by atoms with Crippen LogP contribution in [0, 0.1) is 0 Å². The van der Waals surface area contributed by atoms with Gasteiger partial charge in [0.2, 0.25) is 0 Å². The average Bonchev–Trinajstić information content (AvgIpc) is 3.15. The molecule has 2 aromatic rings. The fourth-order valence-corrected chi connectivity index (χ4v) is 5.19. The van der Waals surface area contributed by atoms with Gasteiger partial charge in [-0.1, -0.05) is 69.5 Å². The number of hydrogen-bond acceptors (Lipinski definition) is 6.